The minimum atomic E-state index is -0.431. The van der Waals surface area contributed by atoms with Gasteiger partial charge in [0.05, 0.1) is 25.8 Å². The summed E-state index contributed by atoms with van der Waals surface area (Å²) >= 11 is 0. The van der Waals surface area contributed by atoms with Crippen LogP contribution < -0.4 is 10.3 Å². The van der Waals surface area contributed by atoms with E-state index in [1.807, 2.05) is 28.9 Å². The Hall–Kier alpha value is -4.38. The van der Waals surface area contributed by atoms with E-state index in [1.54, 1.807) is 7.11 Å². The van der Waals surface area contributed by atoms with Gasteiger partial charge in [-0.05, 0) is 58.7 Å². The Labute approximate surface area is 256 Å². The van der Waals surface area contributed by atoms with E-state index >= 15 is 0 Å². The molecule has 2 fully saturated rings. The third kappa shape index (κ3) is 5.76. The summed E-state index contributed by atoms with van der Waals surface area (Å²) in [5.74, 6) is 1.39. The highest BCUT2D eigenvalue weighted by Gasteiger charge is 2.35. The maximum atomic E-state index is 13.7. The summed E-state index contributed by atoms with van der Waals surface area (Å²) in [5.41, 5.74) is 3.77. The molecule has 0 saturated carbocycles. The normalized spacial score (nSPS) is 18.6. The van der Waals surface area contributed by atoms with E-state index in [4.69, 9.17) is 9.47 Å². The van der Waals surface area contributed by atoms with Crippen LogP contribution in [-0.2, 0) is 11.3 Å². The molecular formula is C34H37N7O3. The molecule has 44 heavy (non-hydrogen) atoms. The minimum absolute atomic E-state index is 0.0615. The molecule has 2 aliphatic rings. The van der Waals surface area contributed by atoms with Gasteiger partial charge in [-0.15, -0.1) is 5.10 Å². The highest BCUT2D eigenvalue weighted by Crippen LogP contribution is 2.33. The van der Waals surface area contributed by atoms with Crippen molar-refractivity contribution in [2.45, 2.75) is 37.6 Å². The fourth-order valence-corrected chi connectivity index (χ4v) is 6.69. The van der Waals surface area contributed by atoms with E-state index in [0.717, 1.165) is 62.3 Å². The molecule has 10 heteroatoms. The number of pyridine rings is 1. The second-order valence-electron chi connectivity index (χ2n) is 11.6. The number of fused-ring (bicyclic) bond motifs is 1. The smallest absolute Gasteiger partial charge is 0.253 e. The molecule has 0 radical (unpaired) electrons. The third-order valence-corrected chi connectivity index (χ3v) is 8.89. The van der Waals surface area contributed by atoms with Crippen LogP contribution in [0.3, 0.4) is 0 Å². The maximum absolute atomic E-state index is 13.7. The Balaban J connectivity index is 1.24. The van der Waals surface area contributed by atoms with E-state index in [2.05, 4.69) is 91.0 Å². The van der Waals surface area contributed by atoms with Crippen molar-refractivity contribution in [3.63, 3.8) is 0 Å². The van der Waals surface area contributed by atoms with E-state index in [1.165, 1.54) is 11.1 Å². The number of nitrogens with one attached hydrogen (secondary N) is 1. The molecule has 0 bridgehead atoms. The van der Waals surface area contributed by atoms with Crippen molar-refractivity contribution in [1.82, 2.24) is 35.0 Å². The number of aromatic amines is 1. The molecule has 0 aliphatic carbocycles. The van der Waals surface area contributed by atoms with Crippen molar-refractivity contribution in [2.24, 2.45) is 0 Å². The number of hydrogen-bond acceptors (Lipinski definition) is 8. The van der Waals surface area contributed by atoms with Gasteiger partial charge in [-0.2, -0.15) is 0 Å². The molecule has 7 rings (SSSR count). The standard InChI is InChI=1S/C34H37N7O3/c1-43-27-14-15-30-26(21-27)22-29(34(42)35-30)32(33-36-37-38-41(33)23-28-13-8-20-44-28)40-18-16-39(17-19-40)31(24-9-4-2-5-10-24)25-11-6-3-7-12-25/h2-7,9-12,14-15,21-22,28,31-32H,8,13,16-20,23H2,1H3,(H,35,42)/t28-,32+/m1/s1. The Kier molecular flexibility index (Phi) is 8.19. The number of nitrogens with zero attached hydrogens (tertiary/aromatic N) is 6. The zero-order valence-corrected chi connectivity index (χ0v) is 24.9. The van der Waals surface area contributed by atoms with E-state index in [-0.39, 0.29) is 17.7 Å². The number of ether oxygens (including phenoxy) is 2. The van der Waals surface area contributed by atoms with Gasteiger partial charge in [0, 0.05) is 49.3 Å². The molecule has 0 amide bonds. The minimum Gasteiger partial charge on any atom is -0.497 e. The van der Waals surface area contributed by atoms with Crippen LogP contribution >= 0.6 is 0 Å². The molecule has 2 aromatic heterocycles. The van der Waals surface area contributed by atoms with Gasteiger partial charge < -0.3 is 14.5 Å². The number of aromatic nitrogens is 5. The summed E-state index contributed by atoms with van der Waals surface area (Å²) in [7, 11) is 1.65. The monoisotopic (exact) mass is 591 g/mol. The van der Waals surface area contributed by atoms with Crippen LogP contribution in [0.5, 0.6) is 5.75 Å². The van der Waals surface area contributed by atoms with Crippen molar-refractivity contribution in [3.05, 3.63) is 118 Å². The van der Waals surface area contributed by atoms with Crippen molar-refractivity contribution in [1.29, 1.82) is 0 Å². The molecule has 5 aromatic rings. The fourth-order valence-electron chi connectivity index (χ4n) is 6.69. The highest BCUT2D eigenvalue weighted by molar-refractivity contribution is 5.80. The van der Waals surface area contributed by atoms with Gasteiger partial charge in [-0.1, -0.05) is 60.7 Å². The van der Waals surface area contributed by atoms with Crippen LogP contribution in [0.25, 0.3) is 10.9 Å². The van der Waals surface area contributed by atoms with E-state index < -0.39 is 6.04 Å². The Morgan fingerprint density at radius 1 is 0.909 bits per heavy atom. The topological polar surface area (TPSA) is 101 Å². The lowest BCUT2D eigenvalue weighted by Gasteiger charge is -2.42. The lowest BCUT2D eigenvalue weighted by Crippen LogP contribution is -2.50. The second kappa shape index (κ2) is 12.7. The second-order valence-corrected chi connectivity index (χ2v) is 11.6. The Bertz CT molecular complexity index is 1700. The first-order valence-electron chi connectivity index (χ1n) is 15.3. The largest absolute Gasteiger partial charge is 0.497 e. The molecule has 2 atom stereocenters. The molecule has 1 N–H and O–H groups in total. The SMILES string of the molecule is COc1ccc2[nH]c(=O)c([C@@H](c3nnnn3C[C@H]3CCCO3)N3CCN(C(c4ccccc4)c4ccccc4)CC3)cc2c1. The van der Waals surface area contributed by atoms with E-state index in [0.29, 0.717) is 17.9 Å². The Morgan fingerprint density at radius 3 is 2.23 bits per heavy atom. The van der Waals surface area contributed by atoms with Crippen LogP contribution in [0.2, 0.25) is 0 Å². The number of tetrazole rings is 1. The maximum Gasteiger partial charge on any atom is 0.253 e. The first-order valence-corrected chi connectivity index (χ1v) is 15.3. The molecular weight excluding hydrogens is 554 g/mol. The van der Waals surface area contributed by atoms with Crippen molar-refractivity contribution in [3.8, 4) is 5.75 Å². The zero-order valence-electron chi connectivity index (χ0n) is 24.9. The molecule has 0 unspecified atom stereocenters. The van der Waals surface area contributed by atoms with Crippen LogP contribution in [0.4, 0.5) is 0 Å². The molecule has 2 aliphatic heterocycles. The number of rotatable bonds is 9. The lowest BCUT2D eigenvalue weighted by molar-refractivity contribution is 0.0778. The molecule has 0 spiro atoms. The predicted molar refractivity (Wildman–Crippen MR) is 168 cm³/mol. The first kappa shape index (κ1) is 28.4. The summed E-state index contributed by atoms with van der Waals surface area (Å²) < 4.78 is 13.2. The summed E-state index contributed by atoms with van der Waals surface area (Å²) in [4.78, 5) is 21.7. The van der Waals surface area contributed by atoms with Gasteiger partial charge in [0.25, 0.3) is 5.56 Å². The lowest BCUT2D eigenvalue weighted by atomic mass is 9.96. The Morgan fingerprint density at radius 2 is 1.59 bits per heavy atom. The van der Waals surface area contributed by atoms with Gasteiger partial charge in [0.1, 0.15) is 11.8 Å². The predicted octanol–water partition coefficient (Wildman–Crippen LogP) is 4.20. The molecule has 3 aromatic carbocycles. The van der Waals surface area contributed by atoms with E-state index in [9.17, 15) is 4.79 Å². The van der Waals surface area contributed by atoms with Gasteiger partial charge in [-0.3, -0.25) is 14.6 Å². The number of benzene rings is 3. The molecule has 2 saturated heterocycles. The average Bonchev–Trinajstić information content (AvgIpc) is 3.76. The van der Waals surface area contributed by atoms with Crippen LogP contribution in [-0.4, -0.2) is 81.0 Å². The van der Waals surface area contributed by atoms with Gasteiger partial charge >= 0.3 is 0 Å². The third-order valence-electron chi connectivity index (χ3n) is 8.89. The van der Waals surface area contributed by atoms with Gasteiger partial charge in [-0.25, -0.2) is 4.68 Å². The molecule has 10 nitrogen and oxygen atoms in total. The number of piperazine rings is 1. The van der Waals surface area contributed by atoms with Gasteiger partial charge in [0.15, 0.2) is 5.82 Å². The van der Waals surface area contributed by atoms with Crippen molar-refractivity contribution in [2.75, 3.05) is 39.9 Å². The summed E-state index contributed by atoms with van der Waals surface area (Å²) in [5, 5.41) is 13.9. The quantitative estimate of drug-likeness (QED) is 0.272. The number of hydrogen-bond donors (Lipinski definition) is 1. The van der Waals surface area contributed by atoms with Crippen molar-refractivity contribution < 1.29 is 9.47 Å². The van der Waals surface area contributed by atoms with Gasteiger partial charge in [0.2, 0.25) is 0 Å². The molecule has 4 heterocycles. The summed E-state index contributed by atoms with van der Waals surface area (Å²) in [6, 6.07) is 28.7. The average molecular weight is 592 g/mol. The highest BCUT2D eigenvalue weighted by atomic mass is 16.5. The fraction of sp³-hybridized carbons (Fsp3) is 0.353. The molecule has 226 valence electrons. The zero-order chi connectivity index (χ0) is 29.9. The first-order chi connectivity index (χ1) is 21.7. The summed E-state index contributed by atoms with van der Waals surface area (Å²) in [6.07, 6.45) is 2.06. The van der Waals surface area contributed by atoms with Crippen LogP contribution in [0.1, 0.15) is 47.4 Å². The van der Waals surface area contributed by atoms with Crippen LogP contribution in [0.15, 0.2) is 89.7 Å². The number of methoxy groups -OCH3 is 1. The summed E-state index contributed by atoms with van der Waals surface area (Å²) in [6.45, 7) is 4.42. The van der Waals surface area contributed by atoms with Crippen molar-refractivity contribution >= 4 is 10.9 Å². The van der Waals surface area contributed by atoms with Crippen LogP contribution in [0, 0.1) is 0 Å². The number of H-pyrrole nitrogens is 1.